The van der Waals surface area contributed by atoms with Gasteiger partial charge in [-0.1, -0.05) is 12.1 Å². The van der Waals surface area contributed by atoms with Gasteiger partial charge in [-0.05, 0) is 48.9 Å². The van der Waals surface area contributed by atoms with Crippen molar-refractivity contribution in [1.82, 2.24) is 29.8 Å². The summed E-state index contributed by atoms with van der Waals surface area (Å²) in [5.41, 5.74) is 2.75. The Morgan fingerprint density at radius 3 is 2.68 bits per heavy atom. The molecule has 2 aliphatic heterocycles. The molecule has 0 saturated carbocycles. The van der Waals surface area contributed by atoms with Crippen molar-refractivity contribution in [2.45, 2.75) is 19.5 Å². The molecule has 0 radical (unpaired) electrons. The van der Waals surface area contributed by atoms with Crippen LogP contribution in [0.4, 0.5) is 21.7 Å². The second kappa shape index (κ2) is 13.0. The predicted molar refractivity (Wildman–Crippen MR) is 173 cm³/mol. The molecule has 238 valence electrons. The number of nitrogens with zero attached hydrogens (tertiary/aromatic N) is 7. The second-order valence-corrected chi connectivity index (χ2v) is 10.7. The van der Waals surface area contributed by atoms with Crippen molar-refractivity contribution >= 4 is 40.8 Å². The zero-order chi connectivity index (χ0) is 33.1. The van der Waals surface area contributed by atoms with Crippen LogP contribution in [0.1, 0.15) is 23.0 Å². The number of fused-ring (bicyclic) bond motifs is 1. The lowest BCUT2D eigenvalue weighted by molar-refractivity contribution is 0.0893. The Labute approximate surface area is 269 Å². The Bertz CT molecular complexity index is 2010. The number of halogens is 1. The Balaban J connectivity index is 1.36. The smallest absolute Gasteiger partial charge is 0.272 e. The van der Waals surface area contributed by atoms with Gasteiger partial charge in [0.25, 0.3) is 5.91 Å². The fourth-order valence-corrected chi connectivity index (χ4v) is 5.42. The van der Waals surface area contributed by atoms with E-state index in [9.17, 15) is 18.8 Å². The molecule has 0 bridgehead atoms. The molecule has 2 N–H and O–H groups in total. The third kappa shape index (κ3) is 5.94. The van der Waals surface area contributed by atoms with Gasteiger partial charge in [0.05, 0.1) is 30.7 Å². The lowest BCUT2D eigenvalue weighted by atomic mass is 10.0. The molecule has 47 heavy (non-hydrogen) atoms. The summed E-state index contributed by atoms with van der Waals surface area (Å²) in [5.74, 6) is 3.60. The number of nitrogens with one attached hydrogen (secondary N) is 2. The van der Waals surface area contributed by atoms with E-state index in [1.165, 1.54) is 40.1 Å². The van der Waals surface area contributed by atoms with Crippen LogP contribution in [-0.2, 0) is 16.1 Å². The minimum Gasteiger partial charge on any atom is -0.497 e. The summed E-state index contributed by atoms with van der Waals surface area (Å²) in [6, 6.07) is 11.6. The quantitative estimate of drug-likeness (QED) is 0.249. The number of likely N-dealkylation sites (N-methyl/N-ethyl adjacent to an activating group) is 1. The highest BCUT2D eigenvalue weighted by Crippen LogP contribution is 2.30. The minimum absolute atomic E-state index is 0.0256. The minimum atomic E-state index is -0.622. The van der Waals surface area contributed by atoms with Gasteiger partial charge < -0.3 is 25.2 Å². The standard InChI is InChI=1S/C33H30FN9O4/c1-4-41-18-25(28(41)19-44)38-33(46)27-16-36-32-26(40(2)17-21-9-11-22(47-3)12-10-21)15-30(39-43(27)32)37-24-8-6-14-42(29(24)20-45)31-23(34)7-5-13-35-31/h5-16,25H,4,17-18H2,1-3H3,(H,37,39)(H,38,46)/t25-/m1/s1. The van der Waals surface area contributed by atoms with Gasteiger partial charge in [0.15, 0.2) is 40.4 Å². The maximum Gasteiger partial charge on any atom is 0.272 e. The van der Waals surface area contributed by atoms with Crippen LogP contribution < -0.4 is 25.2 Å². The van der Waals surface area contributed by atoms with E-state index in [0.29, 0.717) is 36.7 Å². The van der Waals surface area contributed by atoms with Crippen LogP contribution in [0.15, 0.2) is 90.3 Å². The number of benzene rings is 1. The van der Waals surface area contributed by atoms with E-state index in [1.54, 1.807) is 25.3 Å². The van der Waals surface area contributed by atoms with E-state index in [0.717, 1.165) is 11.3 Å². The molecule has 5 heterocycles. The van der Waals surface area contributed by atoms with Gasteiger partial charge >= 0.3 is 0 Å². The molecular formula is C33H30FN9O4. The number of methoxy groups -OCH3 is 1. The molecule has 13 nitrogen and oxygen atoms in total. The lowest BCUT2D eigenvalue weighted by Crippen LogP contribution is -2.57. The molecule has 0 spiro atoms. The molecule has 1 aromatic carbocycles. The average Bonchev–Trinajstić information content (AvgIpc) is 3.51. The summed E-state index contributed by atoms with van der Waals surface area (Å²) in [4.78, 5) is 50.9. The first-order valence-corrected chi connectivity index (χ1v) is 14.7. The summed E-state index contributed by atoms with van der Waals surface area (Å²) < 4.78 is 21.3. The molecule has 0 unspecified atom stereocenters. The van der Waals surface area contributed by atoms with E-state index in [-0.39, 0.29) is 28.7 Å². The van der Waals surface area contributed by atoms with E-state index in [4.69, 9.17) is 4.74 Å². The molecule has 2 aliphatic rings. The van der Waals surface area contributed by atoms with Crippen LogP contribution >= 0.6 is 0 Å². The number of imidazole rings is 1. The molecule has 1 amide bonds. The van der Waals surface area contributed by atoms with Crippen molar-refractivity contribution in [3.8, 4) is 5.75 Å². The van der Waals surface area contributed by atoms with Gasteiger partial charge in [0, 0.05) is 45.1 Å². The maximum absolute atomic E-state index is 14.6. The van der Waals surface area contributed by atoms with Crippen molar-refractivity contribution in [3.05, 3.63) is 107 Å². The first-order chi connectivity index (χ1) is 22.8. The predicted octanol–water partition coefficient (Wildman–Crippen LogP) is 3.10. The van der Waals surface area contributed by atoms with E-state index in [2.05, 4.69) is 25.7 Å². The highest BCUT2D eigenvalue weighted by Gasteiger charge is 2.35. The molecule has 3 aromatic heterocycles. The van der Waals surface area contributed by atoms with Crippen molar-refractivity contribution in [3.63, 3.8) is 0 Å². The van der Waals surface area contributed by atoms with E-state index >= 15 is 0 Å². The van der Waals surface area contributed by atoms with Gasteiger partial charge in [-0.15, -0.1) is 5.10 Å². The van der Waals surface area contributed by atoms with Gasteiger partial charge in [-0.3, -0.25) is 9.69 Å². The number of rotatable bonds is 10. The third-order valence-corrected chi connectivity index (χ3v) is 7.86. The summed E-state index contributed by atoms with van der Waals surface area (Å²) >= 11 is 0. The molecule has 4 aromatic rings. The number of hydrogen-bond acceptors (Lipinski definition) is 11. The number of pyridine rings is 1. The lowest BCUT2D eigenvalue weighted by Gasteiger charge is -2.40. The van der Waals surface area contributed by atoms with Crippen molar-refractivity contribution in [1.29, 1.82) is 0 Å². The van der Waals surface area contributed by atoms with E-state index < -0.39 is 17.8 Å². The molecule has 1 fully saturated rings. The Kier molecular flexibility index (Phi) is 8.52. The molecule has 14 heteroatoms. The number of ether oxygens (including phenoxy) is 1. The number of hydrogen-bond donors (Lipinski definition) is 2. The highest BCUT2D eigenvalue weighted by atomic mass is 19.1. The highest BCUT2D eigenvalue weighted by molar-refractivity contribution is 5.95. The van der Waals surface area contributed by atoms with Crippen LogP contribution in [0.3, 0.4) is 0 Å². The Morgan fingerprint density at radius 2 is 1.98 bits per heavy atom. The van der Waals surface area contributed by atoms with Gasteiger partial charge in [-0.25, -0.2) is 28.5 Å². The number of aromatic nitrogens is 4. The third-order valence-electron chi connectivity index (χ3n) is 7.86. The Morgan fingerprint density at radius 1 is 1.17 bits per heavy atom. The van der Waals surface area contributed by atoms with Crippen molar-refractivity contribution < 1.29 is 23.5 Å². The fourth-order valence-electron chi connectivity index (χ4n) is 5.42. The van der Waals surface area contributed by atoms with Crippen LogP contribution in [0.2, 0.25) is 0 Å². The molecule has 1 atom stereocenters. The zero-order valence-corrected chi connectivity index (χ0v) is 25.8. The largest absolute Gasteiger partial charge is 0.497 e. The SMILES string of the molecule is CCN1C[C@@H](NC(=O)c2cnc3c(N(C)Cc4ccc(OC)cc4)cc(NC4=CC=CN(c5ncccc5F)C4=C=O)nn23)C1=C=O. The number of anilines is 3. The monoisotopic (exact) mass is 635 g/mol. The van der Waals surface area contributed by atoms with Crippen LogP contribution in [-0.4, -0.2) is 75.6 Å². The Hall–Kier alpha value is -6.23. The number of carbonyl (C=O) groups excluding carboxylic acids is 3. The average molecular weight is 636 g/mol. The number of amides is 1. The second-order valence-electron chi connectivity index (χ2n) is 10.7. The number of carbonyl (C=O) groups is 1. The van der Waals surface area contributed by atoms with Crippen LogP contribution in [0.25, 0.3) is 5.65 Å². The van der Waals surface area contributed by atoms with E-state index in [1.807, 2.05) is 59.9 Å². The van der Waals surface area contributed by atoms with Crippen molar-refractivity contribution in [2.75, 3.05) is 42.4 Å². The fraction of sp³-hybridized carbons (Fsp3) is 0.212. The molecular weight excluding hydrogens is 605 g/mol. The summed E-state index contributed by atoms with van der Waals surface area (Å²) in [7, 11) is 3.47. The number of likely N-dealkylation sites (tertiary alicyclic amines) is 1. The molecule has 1 saturated heterocycles. The number of allylic oxidation sites excluding steroid dienone is 2. The van der Waals surface area contributed by atoms with Gasteiger partial charge in [0.1, 0.15) is 17.4 Å². The topological polar surface area (TPSA) is 137 Å². The normalized spacial score (nSPS) is 15.5. The maximum atomic E-state index is 14.6. The van der Waals surface area contributed by atoms with Crippen molar-refractivity contribution in [2.24, 2.45) is 0 Å². The first kappa shape index (κ1) is 30.8. The van der Waals surface area contributed by atoms with Crippen LogP contribution in [0, 0.1) is 5.82 Å². The zero-order valence-electron chi connectivity index (χ0n) is 25.8. The summed E-state index contributed by atoms with van der Waals surface area (Å²) in [6.07, 6.45) is 7.58. The first-order valence-electron chi connectivity index (χ1n) is 14.7. The van der Waals surface area contributed by atoms with Crippen LogP contribution in [0.5, 0.6) is 5.75 Å². The molecule has 6 rings (SSSR count). The van der Waals surface area contributed by atoms with Gasteiger partial charge in [0.2, 0.25) is 0 Å². The summed E-state index contributed by atoms with van der Waals surface area (Å²) in [6.45, 7) is 3.49. The summed E-state index contributed by atoms with van der Waals surface area (Å²) in [5, 5.41) is 10.7. The van der Waals surface area contributed by atoms with Gasteiger partial charge in [-0.2, -0.15) is 0 Å². The molecule has 0 aliphatic carbocycles.